The Hall–Kier alpha value is -0.870. The van der Waals surface area contributed by atoms with E-state index in [4.69, 9.17) is 4.74 Å². The first-order chi connectivity index (χ1) is 9.49. The summed E-state index contributed by atoms with van der Waals surface area (Å²) >= 11 is 3.57. The first-order valence-corrected chi connectivity index (χ1v) is 7.88. The van der Waals surface area contributed by atoms with E-state index < -0.39 is 0 Å². The molecule has 0 N–H and O–H groups in total. The molecule has 3 nitrogen and oxygen atoms in total. The van der Waals surface area contributed by atoms with Crippen molar-refractivity contribution < 1.29 is 9.53 Å². The van der Waals surface area contributed by atoms with Crippen LogP contribution in [0.2, 0.25) is 0 Å². The van der Waals surface area contributed by atoms with Crippen LogP contribution in [-0.2, 0) is 11.3 Å². The van der Waals surface area contributed by atoms with Crippen molar-refractivity contribution in [2.75, 3.05) is 20.2 Å². The number of esters is 1. The zero-order chi connectivity index (χ0) is 14.7. The van der Waals surface area contributed by atoms with Crippen molar-refractivity contribution in [1.82, 2.24) is 4.90 Å². The number of likely N-dealkylation sites (tertiary alicyclic amines) is 1. The van der Waals surface area contributed by atoms with Crippen LogP contribution in [0.5, 0.6) is 0 Å². The number of methoxy groups -OCH3 is 1. The molecule has 0 amide bonds. The number of nitrogens with zero attached hydrogens (tertiary/aromatic N) is 1. The van der Waals surface area contributed by atoms with Crippen molar-refractivity contribution in [3.05, 3.63) is 33.8 Å². The largest absolute Gasteiger partial charge is 0.465 e. The second-order valence-electron chi connectivity index (χ2n) is 5.94. The van der Waals surface area contributed by atoms with Gasteiger partial charge in [0.15, 0.2) is 0 Å². The number of hydrogen-bond acceptors (Lipinski definition) is 3. The first kappa shape index (κ1) is 15.5. The van der Waals surface area contributed by atoms with Crippen LogP contribution in [0.25, 0.3) is 0 Å². The molecule has 2 rings (SSSR count). The Morgan fingerprint density at radius 1 is 1.35 bits per heavy atom. The minimum atomic E-state index is -0.294. The van der Waals surface area contributed by atoms with Crippen molar-refractivity contribution in [2.24, 2.45) is 11.8 Å². The van der Waals surface area contributed by atoms with Gasteiger partial charge in [-0.3, -0.25) is 4.90 Å². The zero-order valence-corrected chi connectivity index (χ0v) is 13.9. The number of carbonyl (C=O) groups excluding carboxylic acids is 1. The minimum Gasteiger partial charge on any atom is -0.465 e. The van der Waals surface area contributed by atoms with Gasteiger partial charge in [-0.1, -0.05) is 35.8 Å². The number of rotatable bonds is 3. The SMILES string of the molecule is COC(=O)c1ccc(CN2CC(C)CC(C)C2)c(Br)c1. The van der Waals surface area contributed by atoms with Crippen LogP contribution < -0.4 is 0 Å². The maximum Gasteiger partial charge on any atom is 0.337 e. The predicted molar refractivity (Wildman–Crippen MR) is 83.7 cm³/mol. The Morgan fingerprint density at radius 2 is 2.00 bits per heavy atom. The summed E-state index contributed by atoms with van der Waals surface area (Å²) < 4.78 is 5.72. The molecule has 110 valence electrons. The Kier molecular flexibility index (Phi) is 5.22. The quantitative estimate of drug-likeness (QED) is 0.786. The molecule has 0 radical (unpaired) electrons. The highest BCUT2D eigenvalue weighted by molar-refractivity contribution is 9.10. The number of piperidine rings is 1. The van der Waals surface area contributed by atoms with Gasteiger partial charge < -0.3 is 4.74 Å². The number of halogens is 1. The molecule has 4 heteroatoms. The summed E-state index contributed by atoms with van der Waals surface area (Å²) in [5.41, 5.74) is 1.81. The highest BCUT2D eigenvalue weighted by Crippen LogP contribution is 2.25. The lowest BCUT2D eigenvalue weighted by Gasteiger charge is -2.35. The van der Waals surface area contributed by atoms with Crippen LogP contribution in [-0.4, -0.2) is 31.1 Å². The van der Waals surface area contributed by atoms with E-state index in [2.05, 4.69) is 34.7 Å². The van der Waals surface area contributed by atoms with E-state index in [0.717, 1.165) is 35.9 Å². The summed E-state index contributed by atoms with van der Waals surface area (Å²) in [5, 5.41) is 0. The molecule has 0 spiro atoms. The standard InChI is InChI=1S/C16H22BrNO2/c1-11-6-12(2)9-18(8-11)10-14-5-4-13(7-15(14)17)16(19)20-3/h4-5,7,11-12H,6,8-10H2,1-3H3. The summed E-state index contributed by atoms with van der Waals surface area (Å²) in [5.74, 6) is 1.22. The fourth-order valence-electron chi connectivity index (χ4n) is 3.08. The Balaban J connectivity index is 2.08. The van der Waals surface area contributed by atoms with Gasteiger partial charge >= 0.3 is 5.97 Å². The van der Waals surface area contributed by atoms with Crippen LogP contribution in [0.15, 0.2) is 22.7 Å². The summed E-state index contributed by atoms with van der Waals surface area (Å²) in [6.45, 7) is 7.86. The third-order valence-corrected chi connectivity index (χ3v) is 4.55. The van der Waals surface area contributed by atoms with Crippen molar-refractivity contribution in [3.8, 4) is 0 Å². The van der Waals surface area contributed by atoms with E-state index in [1.807, 2.05) is 18.2 Å². The molecule has 1 saturated heterocycles. The van der Waals surface area contributed by atoms with Crippen LogP contribution >= 0.6 is 15.9 Å². The van der Waals surface area contributed by atoms with Crippen LogP contribution in [0, 0.1) is 11.8 Å². The number of carbonyl (C=O) groups is 1. The summed E-state index contributed by atoms with van der Waals surface area (Å²) in [6, 6.07) is 5.70. The van der Waals surface area contributed by atoms with Crippen molar-refractivity contribution in [2.45, 2.75) is 26.8 Å². The van der Waals surface area contributed by atoms with Gasteiger partial charge in [0, 0.05) is 24.1 Å². The van der Waals surface area contributed by atoms with Gasteiger partial charge in [0.05, 0.1) is 12.7 Å². The molecule has 1 aliphatic rings. The summed E-state index contributed by atoms with van der Waals surface area (Å²) in [4.78, 5) is 14.0. The van der Waals surface area contributed by atoms with Gasteiger partial charge in [0.1, 0.15) is 0 Å². The molecular weight excluding hydrogens is 318 g/mol. The van der Waals surface area contributed by atoms with E-state index in [1.165, 1.54) is 19.1 Å². The number of hydrogen-bond donors (Lipinski definition) is 0. The average molecular weight is 340 g/mol. The average Bonchev–Trinajstić information content (AvgIpc) is 2.39. The highest BCUT2D eigenvalue weighted by atomic mass is 79.9. The van der Waals surface area contributed by atoms with E-state index in [1.54, 1.807) is 0 Å². The normalized spacial score (nSPS) is 23.6. The summed E-state index contributed by atoms with van der Waals surface area (Å²) in [7, 11) is 1.40. The molecule has 2 unspecified atom stereocenters. The molecule has 1 aromatic carbocycles. The number of ether oxygens (including phenoxy) is 1. The topological polar surface area (TPSA) is 29.5 Å². The van der Waals surface area contributed by atoms with Gasteiger partial charge in [-0.25, -0.2) is 4.79 Å². The second-order valence-corrected chi connectivity index (χ2v) is 6.79. The molecule has 0 bridgehead atoms. The van der Waals surface area contributed by atoms with Gasteiger partial charge in [0.25, 0.3) is 0 Å². The third-order valence-electron chi connectivity index (χ3n) is 3.81. The molecular formula is C16H22BrNO2. The fraction of sp³-hybridized carbons (Fsp3) is 0.562. The molecule has 1 aromatic rings. The van der Waals surface area contributed by atoms with Crippen molar-refractivity contribution >= 4 is 21.9 Å². The minimum absolute atomic E-state index is 0.294. The Labute approximate surface area is 129 Å². The lowest BCUT2D eigenvalue weighted by atomic mass is 9.91. The van der Waals surface area contributed by atoms with Crippen molar-refractivity contribution in [3.63, 3.8) is 0 Å². The lowest BCUT2D eigenvalue weighted by molar-refractivity contribution is 0.0600. The lowest BCUT2D eigenvalue weighted by Crippen LogP contribution is -2.38. The maximum absolute atomic E-state index is 11.5. The zero-order valence-electron chi connectivity index (χ0n) is 12.4. The molecule has 1 fully saturated rings. The molecule has 0 aliphatic carbocycles. The van der Waals surface area contributed by atoms with E-state index in [9.17, 15) is 4.79 Å². The predicted octanol–water partition coefficient (Wildman–Crippen LogP) is 3.71. The third kappa shape index (κ3) is 3.83. The smallest absolute Gasteiger partial charge is 0.337 e. The van der Waals surface area contributed by atoms with Gasteiger partial charge in [-0.2, -0.15) is 0 Å². The monoisotopic (exact) mass is 339 g/mol. The van der Waals surface area contributed by atoms with Crippen LogP contribution in [0.1, 0.15) is 36.2 Å². The Morgan fingerprint density at radius 3 is 2.55 bits per heavy atom. The fourth-order valence-corrected chi connectivity index (χ4v) is 3.59. The van der Waals surface area contributed by atoms with Crippen LogP contribution in [0.3, 0.4) is 0 Å². The highest BCUT2D eigenvalue weighted by Gasteiger charge is 2.22. The van der Waals surface area contributed by atoms with Gasteiger partial charge in [-0.05, 0) is 36.0 Å². The Bertz CT molecular complexity index is 479. The molecule has 0 aromatic heterocycles. The molecule has 2 atom stereocenters. The molecule has 1 aliphatic heterocycles. The maximum atomic E-state index is 11.5. The first-order valence-electron chi connectivity index (χ1n) is 7.08. The summed E-state index contributed by atoms with van der Waals surface area (Å²) in [6.07, 6.45) is 1.32. The van der Waals surface area contributed by atoms with E-state index in [-0.39, 0.29) is 5.97 Å². The van der Waals surface area contributed by atoms with E-state index >= 15 is 0 Å². The van der Waals surface area contributed by atoms with Gasteiger partial charge in [0.2, 0.25) is 0 Å². The molecule has 1 heterocycles. The van der Waals surface area contributed by atoms with E-state index in [0.29, 0.717) is 5.56 Å². The second kappa shape index (κ2) is 6.72. The molecule has 20 heavy (non-hydrogen) atoms. The number of benzene rings is 1. The molecule has 0 saturated carbocycles. The van der Waals surface area contributed by atoms with Crippen LogP contribution in [0.4, 0.5) is 0 Å². The van der Waals surface area contributed by atoms with Gasteiger partial charge in [-0.15, -0.1) is 0 Å². The van der Waals surface area contributed by atoms with Crippen molar-refractivity contribution in [1.29, 1.82) is 0 Å².